The molecule has 3 N–H and O–H groups in total. The second-order valence-electron chi connectivity index (χ2n) is 4.84. The number of rotatable bonds is 7. The van der Waals surface area contributed by atoms with Crippen molar-refractivity contribution < 1.29 is 8.42 Å². The molecule has 0 amide bonds. The van der Waals surface area contributed by atoms with Crippen molar-refractivity contribution >= 4 is 27.2 Å². The van der Waals surface area contributed by atoms with Crippen molar-refractivity contribution in [2.24, 2.45) is 5.73 Å². The lowest BCUT2D eigenvalue weighted by atomic mass is 9.91. The summed E-state index contributed by atoms with van der Waals surface area (Å²) in [6.45, 7) is 5.97. The molecule has 0 aromatic heterocycles. The monoisotopic (exact) mass is 314 g/mol. The second kappa shape index (κ2) is 6.65. The van der Waals surface area contributed by atoms with E-state index in [-0.39, 0.29) is 15.4 Å². The molecule has 0 aliphatic carbocycles. The van der Waals surface area contributed by atoms with Gasteiger partial charge in [0.25, 0.3) is 0 Å². The first-order valence-corrected chi connectivity index (χ1v) is 8.63. The molecule has 0 saturated heterocycles. The molecule has 0 spiro atoms. The molecule has 0 aliphatic heterocycles. The molecule has 4 nitrogen and oxygen atoms in total. The van der Waals surface area contributed by atoms with Crippen molar-refractivity contribution in [3.63, 3.8) is 0 Å². The first kappa shape index (κ1) is 17.1. The fourth-order valence-electron chi connectivity index (χ4n) is 2.11. The summed E-state index contributed by atoms with van der Waals surface area (Å²) in [5.41, 5.74) is 5.78. The molecule has 0 fully saturated rings. The maximum absolute atomic E-state index is 12.4. The van der Waals surface area contributed by atoms with Crippen molar-refractivity contribution in [1.82, 2.24) is 4.72 Å². The highest BCUT2D eigenvalue weighted by Crippen LogP contribution is 2.23. The van der Waals surface area contributed by atoms with Crippen LogP contribution in [0.3, 0.4) is 0 Å². The lowest BCUT2D eigenvalue weighted by molar-refractivity contribution is 0.341. The number of thiocarbonyl (C=S) groups is 1. The van der Waals surface area contributed by atoms with E-state index in [9.17, 15) is 8.42 Å². The van der Waals surface area contributed by atoms with E-state index < -0.39 is 10.0 Å². The van der Waals surface area contributed by atoms with Crippen LogP contribution in [0.4, 0.5) is 0 Å². The summed E-state index contributed by atoms with van der Waals surface area (Å²) in [5.74, 6) is 0. The Morgan fingerprint density at radius 2 is 1.60 bits per heavy atom. The van der Waals surface area contributed by atoms with E-state index in [1.54, 1.807) is 12.1 Å². The van der Waals surface area contributed by atoms with E-state index >= 15 is 0 Å². The van der Waals surface area contributed by atoms with Crippen LogP contribution in [-0.2, 0) is 10.0 Å². The van der Waals surface area contributed by atoms with Crippen LogP contribution in [0.2, 0.25) is 0 Å². The predicted octanol–water partition coefficient (Wildman–Crippen LogP) is 2.57. The second-order valence-corrected chi connectivity index (χ2v) is 6.96. The Morgan fingerprint density at radius 3 is 1.95 bits per heavy atom. The molecule has 20 heavy (non-hydrogen) atoms. The Kier molecular flexibility index (Phi) is 5.68. The van der Waals surface area contributed by atoms with Gasteiger partial charge >= 0.3 is 0 Å². The molecule has 0 unspecified atom stereocenters. The summed E-state index contributed by atoms with van der Waals surface area (Å²) < 4.78 is 27.7. The fourth-order valence-corrected chi connectivity index (χ4v) is 3.86. The van der Waals surface area contributed by atoms with Gasteiger partial charge in [0.1, 0.15) is 4.99 Å². The van der Waals surface area contributed by atoms with Crippen molar-refractivity contribution in [3.8, 4) is 0 Å². The first-order chi connectivity index (χ1) is 9.30. The topological polar surface area (TPSA) is 72.2 Å². The third-order valence-corrected chi connectivity index (χ3v) is 5.66. The van der Waals surface area contributed by atoms with Gasteiger partial charge in [0.2, 0.25) is 10.0 Å². The van der Waals surface area contributed by atoms with Crippen LogP contribution in [0.15, 0.2) is 29.2 Å². The van der Waals surface area contributed by atoms with Crippen LogP contribution in [-0.4, -0.2) is 18.9 Å². The Labute approximate surface area is 126 Å². The van der Waals surface area contributed by atoms with Gasteiger partial charge in [-0.1, -0.05) is 45.1 Å². The molecule has 6 heteroatoms. The van der Waals surface area contributed by atoms with Crippen LogP contribution in [0.1, 0.15) is 45.6 Å². The van der Waals surface area contributed by atoms with Crippen LogP contribution in [0.25, 0.3) is 0 Å². The van der Waals surface area contributed by atoms with E-state index in [4.69, 9.17) is 18.0 Å². The SMILES string of the molecule is CCC(CC)(CC)NS(=O)(=O)c1ccc(C(N)=S)cc1. The predicted molar refractivity (Wildman–Crippen MR) is 86.3 cm³/mol. The first-order valence-electron chi connectivity index (χ1n) is 6.74. The van der Waals surface area contributed by atoms with E-state index in [0.29, 0.717) is 5.56 Å². The minimum absolute atomic E-state index is 0.234. The summed E-state index contributed by atoms with van der Waals surface area (Å²) in [6.07, 6.45) is 2.26. The maximum atomic E-state index is 12.4. The average molecular weight is 314 g/mol. The van der Waals surface area contributed by atoms with Crippen LogP contribution in [0.5, 0.6) is 0 Å². The summed E-state index contributed by atoms with van der Waals surface area (Å²) in [6, 6.07) is 6.32. The van der Waals surface area contributed by atoms with Gasteiger partial charge in [-0.2, -0.15) is 0 Å². The molecule has 0 saturated carbocycles. The largest absolute Gasteiger partial charge is 0.389 e. The third kappa shape index (κ3) is 3.77. The molecular formula is C14H22N2O2S2. The lowest BCUT2D eigenvalue weighted by Crippen LogP contribution is -2.46. The fraction of sp³-hybridized carbons (Fsp3) is 0.500. The molecule has 1 aromatic carbocycles. The average Bonchev–Trinajstić information content (AvgIpc) is 2.45. The lowest BCUT2D eigenvalue weighted by Gasteiger charge is -2.31. The zero-order valence-corrected chi connectivity index (χ0v) is 13.8. The number of nitrogens with two attached hydrogens (primary N) is 1. The molecule has 1 aromatic rings. The zero-order chi connectivity index (χ0) is 15.4. The minimum Gasteiger partial charge on any atom is -0.389 e. The summed E-state index contributed by atoms with van der Waals surface area (Å²) in [4.78, 5) is 0.490. The van der Waals surface area contributed by atoms with Gasteiger partial charge in [-0.25, -0.2) is 13.1 Å². The molecule has 112 valence electrons. The van der Waals surface area contributed by atoms with Crippen LogP contribution in [0, 0.1) is 0 Å². The highest BCUT2D eigenvalue weighted by atomic mass is 32.2. The molecule has 1 rings (SSSR count). The van der Waals surface area contributed by atoms with Gasteiger partial charge in [-0.15, -0.1) is 0 Å². The van der Waals surface area contributed by atoms with Gasteiger partial charge in [0.15, 0.2) is 0 Å². The molecule has 0 atom stereocenters. The number of hydrogen-bond acceptors (Lipinski definition) is 3. The minimum atomic E-state index is -3.53. The summed E-state index contributed by atoms with van der Waals surface area (Å²) in [7, 11) is -3.53. The number of hydrogen-bond donors (Lipinski definition) is 2. The smallest absolute Gasteiger partial charge is 0.241 e. The quantitative estimate of drug-likeness (QED) is 0.759. The van der Waals surface area contributed by atoms with E-state index in [0.717, 1.165) is 19.3 Å². The van der Waals surface area contributed by atoms with Crippen molar-refractivity contribution in [2.75, 3.05) is 0 Å². The van der Waals surface area contributed by atoms with Gasteiger partial charge < -0.3 is 5.73 Å². The summed E-state index contributed by atoms with van der Waals surface area (Å²) >= 11 is 4.86. The Hall–Kier alpha value is -0.980. The van der Waals surface area contributed by atoms with Crippen molar-refractivity contribution in [3.05, 3.63) is 29.8 Å². The number of nitrogens with one attached hydrogen (secondary N) is 1. The maximum Gasteiger partial charge on any atom is 0.241 e. The highest BCUT2D eigenvalue weighted by molar-refractivity contribution is 7.89. The van der Waals surface area contributed by atoms with Gasteiger partial charge in [0, 0.05) is 11.1 Å². The van der Waals surface area contributed by atoms with Crippen molar-refractivity contribution in [2.45, 2.75) is 50.5 Å². The van der Waals surface area contributed by atoms with E-state index in [2.05, 4.69) is 4.72 Å². The van der Waals surface area contributed by atoms with Gasteiger partial charge in [-0.3, -0.25) is 0 Å². The summed E-state index contributed by atoms with van der Waals surface area (Å²) in [5, 5.41) is 0. The molecule has 0 radical (unpaired) electrons. The Balaban J connectivity index is 3.07. The van der Waals surface area contributed by atoms with Gasteiger partial charge in [-0.05, 0) is 31.4 Å². The molecular weight excluding hydrogens is 292 g/mol. The standard InChI is InChI=1S/C14H22N2O2S2/c1-4-14(5-2,6-3)16-20(17,18)12-9-7-11(8-10-12)13(15)19/h7-10,16H,4-6H2,1-3H3,(H2,15,19). The van der Waals surface area contributed by atoms with E-state index in [1.807, 2.05) is 20.8 Å². The molecule has 0 heterocycles. The number of benzene rings is 1. The molecule has 0 aliphatic rings. The Morgan fingerprint density at radius 1 is 1.15 bits per heavy atom. The normalized spacial score (nSPS) is 12.3. The number of sulfonamides is 1. The third-order valence-electron chi connectivity index (χ3n) is 3.83. The highest BCUT2D eigenvalue weighted by Gasteiger charge is 2.30. The molecule has 0 bridgehead atoms. The van der Waals surface area contributed by atoms with Gasteiger partial charge in [0.05, 0.1) is 4.90 Å². The van der Waals surface area contributed by atoms with Crippen molar-refractivity contribution in [1.29, 1.82) is 0 Å². The van der Waals surface area contributed by atoms with E-state index in [1.165, 1.54) is 12.1 Å². The van der Waals surface area contributed by atoms with Crippen LogP contribution < -0.4 is 10.5 Å². The Bertz CT molecular complexity index is 553. The van der Waals surface area contributed by atoms with Crippen LogP contribution >= 0.6 is 12.2 Å². The zero-order valence-electron chi connectivity index (χ0n) is 12.1.